The Hall–Kier alpha value is 0.0200. The fraction of sp³-hybridized carbons (Fsp3) is 0.800. The van der Waals surface area contributed by atoms with E-state index in [1.54, 1.807) is 0 Å². The second-order valence-corrected chi connectivity index (χ2v) is 2.47. The van der Waals surface area contributed by atoms with Crippen LogP contribution in [0.25, 0.3) is 0 Å². The van der Waals surface area contributed by atoms with Gasteiger partial charge in [-0.3, -0.25) is 0 Å². The van der Waals surface area contributed by atoms with Crippen LogP contribution in [-0.4, -0.2) is 18.5 Å². The lowest BCUT2D eigenvalue weighted by Crippen LogP contribution is -1.92. The maximum Gasteiger partial charge on any atom is 0.0392 e. The highest BCUT2D eigenvalue weighted by Gasteiger charge is 1.88. The third-order valence-corrected chi connectivity index (χ3v) is 0.963. The molecule has 0 aliphatic rings. The van der Waals surface area contributed by atoms with Crippen LogP contribution in [0.15, 0.2) is 4.99 Å². The van der Waals surface area contributed by atoms with E-state index in [1.807, 2.05) is 6.92 Å². The molecule has 0 radical (unpaired) electrons. The quantitative estimate of drug-likeness (QED) is 0.424. The van der Waals surface area contributed by atoms with E-state index < -0.39 is 0 Å². The maximum absolute atomic E-state index is 4.14. The number of thiol groups is 1. The maximum atomic E-state index is 4.14. The summed E-state index contributed by atoms with van der Waals surface area (Å²) in [6.07, 6.45) is 1.03. The number of hydrogen-bond donors (Lipinski definition) is 1. The van der Waals surface area contributed by atoms with Gasteiger partial charge in [-0.15, -0.1) is 0 Å². The van der Waals surface area contributed by atoms with E-state index in [4.69, 9.17) is 0 Å². The van der Waals surface area contributed by atoms with Gasteiger partial charge < -0.3 is 4.99 Å². The zero-order chi connectivity index (χ0) is 5.70. The van der Waals surface area contributed by atoms with Gasteiger partial charge in [-0.25, -0.2) is 0 Å². The monoisotopic (exact) mass is 117 g/mol. The summed E-state index contributed by atoms with van der Waals surface area (Å²) in [5, 5.41) is 0.463. The average molecular weight is 117 g/mol. The van der Waals surface area contributed by atoms with Gasteiger partial charge in [0.1, 0.15) is 0 Å². The highest BCUT2D eigenvalue weighted by Crippen LogP contribution is 1.97. The number of rotatable bonds is 3. The topological polar surface area (TPSA) is 12.4 Å². The van der Waals surface area contributed by atoms with Crippen LogP contribution in [0.2, 0.25) is 0 Å². The minimum absolute atomic E-state index is 0.463. The van der Waals surface area contributed by atoms with Crippen LogP contribution in [-0.2, 0) is 0 Å². The Bertz CT molecular complexity index is 52.0. The van der Waals surface area contributed by atoms with Crippen molar-refractivity contribution in [3.8, 4) is 0 Å². The van der Waals surface area contributed by atoms with Crippen LogP contribution in [0, 0.1) is 0 Å². The smallest absolute Gasteiger partial charge is 0.0392 e. The molecule has 0 N–H and O–H groups in total. The lowest BCUT2D eigenvalue weighted by Gasteiger charge is -1.95. The Morgan fingerprint density at radius 3 is 2.57 bits per heavy atom. The van der Waals surface area contributed by atoms with Gasteiger partial charge >= 0.3 is 0 Å². The normalized spacial score (nSPS) is 13.4. The lowest BCUT2D eigenvalue weighted by atomic mass is 10.3. The van der Waals surface area contributed by atoms with Gasteiger partial charge in [0.05, 0.1) is 0 Å². The Labute approximate surface area is 50.2 Å². The first-order chi connectivity index (χ1) is 3.27. The van der Waals surface area contributed by atoms with Gasteiger partial charge in [-0.05, 0) is 13.1 Å². The molecule has 0 rings (SSSR count). The first kappa shape index (κ1) is 7.02. The van der Waals surface area contributed by atoms with E-state index >= 15 is 0 Å². The van der Waals surface area contributed by atoms with Crippen molar-refractivity contribution in [3.63, 3.8) is 0 Å². The molecule has 1 nitrogen and oxygen atoms in total. The average Bonchev–Trinajstić information content (AvgIpc) is 1.61. The van der Waals surface area contributed by atoms with E-state index in [0.29, 0.717) is 5.25 Å². The minimum atomic E-state index is 0.463. The summed E-state index contributed by atoms with van der Waals surface area (Å²) in [6, 6.07) is 0. The SMILES string of the molecule is C=NCC[C@H](C)S. The summed E-state index contributed by atoms with van der Waals surface area (Å²) < 4.78 is 0. The lowest BCUT2D eigenvalue weighted by molar-refractivity contribution is 0.833. The summed E-state index contributed by atoms with van der Waals surface area (Å²) >= 11 is 4.14. The highest BCUT2D eigenvalue weighted by molar-refractivity contribution is 7.80. The van der Waals surface area contributed by atoms with E-state index in [9.17, 15) is 0 Å². The van der Waals surface area contributed by atoms with Gasteiger partial charge in [0.25, 0.3) is 0 Å². The number of nitrogens with zero attached hydrogens (tertiary/aromatic N) is 1. The second-order valence-electron chi connectivity index (χ2n) is 1.58. The highest BCUT2D eigenvalue weighted by atomic mass is 32.1. The fourth-order valence-electron chi connectivity index (χ4n) is 0.278. The molecule has 1 atom stereocenters. The van der Waals surface area contributed by atoms with Crippen LogP contribution in [0.5, 0.6) is 0 Å². The van der Waals surface area contributed by atoms with E-state index in [-0.39, 0.29) is 0 Å². The van der Waals surface area contributed by atoms with Crippen molar-refractivity contribution in [2.24, 2.45) is 4.99 Å². The molecule has 0 heterocycles. The molecule has 0 bridgehead atoms. The molecular weight excluding hydrogens is 106 g/mol. The Morgan fingerprint density at radius 1 is 1.86 bits per heavy atom. The second kappa shape index (κ2) is 4.19. The predicted octanol–water partition coefficient (Wildman–Crippen LogP) is 1.40. The van der Waals surface area contributed by atoms with Gasteiger partial charge in [0.15, 0.2) is 0 Å². The molecule has 7 heavy (non-hydrogen) atoms. The number of aliphatic imine (C=N–C) groups is 1. The predicted molar refractivity (Wildman–Crippen MR) is 37.5 cm³/mol. The fourth-order valence-corrected chi connectivity index (χ4v) is 0.394. The summed E-state index contributed by atoms with van der Waals surface area (Å²) in [5.74, 6) is 0. The van der Waals surface area contributed by atoms with Crippen molar-refractivity contribution >= 4 is 19.3 Å². The molecule has 0 fully saturated rings. The molecule has 0 aromatic carbocycles. The van der Waals surface area contributed by atoms with Crippen LogP contribution in [0.4, 0.5) is 0 Å². The van der Waals surface area contributed by atoms with E-state index in [0.717, 1.165) is 13.0 Å². The number of hydrogen-bond acceptors (Lipinski definition) is 2. The minimum Gasteiger partial charge on any atom is -0.301 e. The van der Waals surface area contributed by atoms with Gasteiger partial charge in [-0.1, -0.05) is 6.92 Å². The molecule has 2 heteroatoms. The molecule has 42 valence electrons. The first-order valence-electron chi connectivity index (χ1n) is 2.38. The summed E-state index contributed by atoms with van der Waals surface area (Å²) in [4.78, 5) is 3.68. The van der Waals surface area contributed by atoms with Gasteiger partial charge in [0.2, 0.25) is 0 Å². The molecule has 0 spiro atoms. The molecular formula is C5H11NS. The van der Waals surface area contributed by atoms with Crippen molar-refractivity contribution in [3.05, 3.63) is 0 Å². The van der Waals surface area contributed by atoms with E-state index in [2.05, 4.69) is 24.3 Å². The largest absolute Gasteiger partial charge is 0.301 e. The standard InChI is InChI=1S/C5H11NS/c1-5(7)3-4-6-2/h5,7H,2-4H2,1H3/t5-/m0/s1. The van der Waals surface area contributed by atoms with Crippen molar-refractivity contribution in [1.29, 1.82) is 0 Å². The summed E-state index contributed by atoms with van der Waals surface area (Å²) in [7, 11) is 0. The third-order valence-electron chi connectivity index (χ3n) is 0.705. The molecule has 0 aliphatic carbocycles. The molecule has 0 saturated heterocycles. The Kier molecular flexibility index (Phi) is 4.20. The van der Waals surface area contributed by atoms with Gasteiger partial charge in [-0.2, -0.15) is 12.6 Å². The van der Waals surface area contributed by atoms with Gasteiger partial charge in [0, 0.05) is 11.8 Å². The van der Waals surface area contributed by atoms with Crippen LogP contribution in [0.1, 0.15) is 13.3 Å². The van der Waals surface area contributed by atoms with Crippen LogP contribution in [0.3, 0.4) is 0 Å². The third kappa shape index (κ3) is 6.02. The first-order valence-corrected chi connectivity index (χ1v) is 2.89. The Balaban J connectivity index is 2.81. The molecule has 0 saturated carbocycles. The molecule has 0 aromatic heterocycles. The summed E-state index contributed by atoms with van der Waals surface area (Å²) in [6.45, 7) is 6.24. The van der Waals surface area contributed by atoms with Crippen molar-refractivity contribution in [2.45, 2.75) is 18.6 Å². The van der Waals surface area contributed by atoms with Crippen molar-refractivity contribution in [2.75, 3.05) is 6.54 Å². The van der Waals surface area contributed by atoms with Crippen LogP contribution < -0.4 is 0 Å². The molecule has 0 unspecified atom stereocenters. The zero-order valence-corrected chi connectivity index (χ0v) is 5.49. The van der Waals surface area contributed by atoms with E-state index in [1.165, 1.54) is 0 Å². The van der Waals surface area contributed by atoms with Crippen LogP contribution >= 0.6 is 12.6 Å². The van der Waals surface area contributed by atoms with Crippen molar-refractivity contribution < 1.29 is 0 Å². The Morgan fingerprint density at radius 2 is 2.43 bits per heavy atom. The molecule has 0 amide bonds. The molecule has 0 aromatic rings. The molecule has 0 aliphatic heterocycles. The zero-order valence-electron chi connectivity index (χ0n) is 4.59. The summed E-state index contributed by atoms with van der Waals surface area (Å²) in [5.41, 5.74) is 0. The van der Waals surface area contributed by atoms with Crippen molar-refractivity contribution in [1.82, 2.24) is 0 Å².